The molecule has 0 aromatic carbocycles. The van der Waals surface area contributed by atoms with Crippen molar-refractivity contribution >= 4 is 23.3 Å². The van der Waals surface area contributed by atoms with E-state index in [1.54, 1.807) is 0 Å². The van der Waals surface area contributed by atoms with Gasteiger partial charge in [-0.3, -0.25) is 4.79 Å². The molecular weight excluding hydrogens is 300 g/mol. The molecule has 1 amide bonds. The van der Waals surface area contributed by atoms with E-state index in [0.717, 1.165) is 31.7 Å². The molecule has 2 aliphatic rings. The monoisotopic (exact) mass is 322 g/mol. The number of hydrogen-bond donors (Lipinski definition) is 1. The van der Waals surface area contributed by atoms with Crippen molar-refractivity contribution < 1.29 is 4.79 Å². The van der Waals surface area contributed by atoms with Gasteiger partial charge < -0.3 is 10.2 Å². The van der Waals surface area contributed by atoms with Crippen LogP contribution in [0.25, 0.3) is 0 Å². The summed E-state index contributed by atoms with van der Waals surface area (Å²) in [5, 5.41) is 3.65. The highest BCUT2D eigenvalue weighted by Gasteiger charge is 2.36. The summed E-state index contributed by atoms with van der Waals surface area (Å²) >= 11 is 5.90. The van der Waals surface area contributed by atoms with E-state index in [0.29, 0.717) is 12.3 Å². The summed E-state index contributed by atoms with van der Waals surface area (Å²) in [6.07, 6.45) is 6.77. The van der Waals surface area contributed by atoms with Crippen LogP contribution in [-0.2, 0) is 4.79 Å². The van der Waals surface area contributed by atoms with Crippen molar-refractivity contribution in [3.8, 4) is 0 Å². The van der Waals surface area contributed by atoms with Crippen LogP contribution in [0.2, 0.25) is 5.28 Å². The van der Waals surface area contributed by atoms with Crippen LogP contribution >= 0.6 is 11.6 Å². The zero-order valence-electron chi connectivity index (χ0n) is 13.2. The fraction of sp³-hybridized carbons (Fsp3) is 0.688. The molecule has 6 heteroatoms. The Balaban J connectivity index is 1.53. The topological polar surface area (TPSA) is 58.1 Å². The van der Waals surface area contributed by atoms with Gasteiger partial charge in [0.2, 0.25) is 11.2 Å². The second kappa shape index (κ2) is 6.03. The average Bonchev–Trinajstić information content (AvgIpc) is 3.25. The lowest BCUT2D eigenvalue weighted by atomic mass is 10.0. The first-order valence-corrected chi connectivity index (χ1v) is 8.42. The van der Waals surface area contributed by atoms with Crippen LogP contribution < -0.4 is 5.32 Å². The smallest absolute Gasteiger partial charge is 0.224 e. The lowest BCUT2D eigenvalue weighted by molar-refractivity contribution is -0.130. The fourth-order valence-electron chi connectivity index (χ4n) is 3.10. The number of rotatable bonds is 6. The van der Waals surface area contributed by atoms with Crippen molar-refractivity contribution in [1.29, 1.82) is 0 Å². The van der Waals surface area contributed by atoms with Crippen LogP contribution in [0.3, 0.4) is 0 Å². The quantitative estimate of drug-likeness (QED) is 0.645. The summed E-state index contributed by atoms with van der Waals surface area (Å²) in [5.41, 5.74) is 1.16. The summed E-state index contributed by atoms with van der Waals surface area (Å²) < 4.78 is 0. The van der Waals surface area contributed by atoms with Crippen LogP contribution in [0.1, 0.15) is 57.4 Å². The third-order valence-corrected chi connectivity index (χ3v) is 4.82. The summed E-state index contributed by atoms with van der Waals surface area (Å²) in [6.45, 7) is 5.85. The Labute approximate surface area is 136 Å². The Bertz CT molecular complexity index is 571. The van der Waals surface area contributed by atoms with Crippen molar-refractivity contribution in [2.45, 2.75) is 57.4 Å². The molecule has 1 aliphatic heterocycles. The number of halogens is 1. The number of nitrogens with zero attached hydrogens (tertiary/aromatic N) is 3. The molecule has 2 fully saturated rings. The molecule has 1 saturated carbocycles. The van der Waals surface area contributed by atoms with E-state index in [1.807, 2.05) is 11.1 Å². The first-order valence-electron chi connectivity index (χ1n) is 8.04. The first kappa shape index (κ1) is 15.5. The summed E-state index contributed by atoms with van der Waals surface area (Å²) in [6, 6.07) is 0. The third-order valence-electron chi connectivity index (χ3n) is 4.64. The Morgan fingerprint density at radius 2 is 2.23 bits per heavy atom. The number of nitrogens with one attached hydrogen (secondary N) is 1. The molecule has 0 atom stereocenters. The summed E-state index contributed by atoms with van der Waals surface area (Å²) in [5.74, 6) is 1.71. The second-order valence-corrected chi connectivity index (χ2v) is 7.19. The van der Waals surface area contributed by atoms with E-state index < -0.39 is 0 Å². The molecule has 0 unspecified atom stereocenters. The van der Waals surface area contributed by atoms with E-state index in [-0.39, 0.29) is 16.7 Å². The maximum Gasteiger partial charge on any atom is 0.224 e. The number of amides is 1. The molecule has 2 heterocycles. The van der Waals surface area contributed by atoms with Gasteiger partial charge in [-0.15, -0.1) is 0 Å². The van der Waals surface area contributed by atoms with Gasteiger partial charge in [-0.1, -0.05) is 0 Å². The number of carbonyl (C=O) groups is 1. The molecule has 1 aromatic rings. The molecular formula is C16H23ClN4O. The highest BCUT2D eigenvalue weighted by molar-refractivity contribution is 6.28. The minimum Gasteiger partial charge on any atom is -0.370 e. The average molecular weight is 323 g/mol. The molecule has 0 radical (unpaired) electrons. The van der Waals surface area contributed by atoms with Crippen LogP contribution in [0, 0.1) is 0 Å². The van der Waals surface area contributed by atoms with E-state index in [9.17, 15) is 4.79 Å². The molecule has 1 aromatic heterocycles. The van der Waals surface area contributed by atoms with Gasteiger partial charge in [0.05, 0.1) is 0 Å². The Kier molecular flexibility index (Phi) is 4.26. The Morgan fingerprint density at radius 3 is 2.86 bits per heavy atom. The first-order chi connectivity index (χ1) is 10.5. The number of aromatic nitrogens is 2. The molecule has 120 valence electrons. The van der Waals surface area contributed by atoms with Crippen LogP contribution in [0.4, 0.5) is 5.82 Å². The minimum atomic E-state index is -0.00547. The van der Waals surface area contributed by atoms with Gasteiger partial charge in [-0.25, -0.2) is 9.97 Å². The Morgan fingerprint density at radius 1 is 1.45 bits per heavy atom. The van der Waals surface area contributed by atoms with Crippen molar-refractivity contribution in [3.63, 3.8) is 0 Å². The maximum atomic E-state index is 11.9. The Hall–Kier alpha value is -1.36. The SMILES string of the molecule is CC1(C)CCC(=O)N1CCCNc1nc(Cl)ncc1C1CC1. The molecule has 1 N–H and O–H groups in total. The van der Waals surface area contributed by atoms with E-state index in [1.165, 1.54) is 18.4 Å². The summed E-state index contributed by atoms with van der Waals surface area (Å²) in [7, 11) is 0. The van der Waals surface area contributed by atoms with Gasteiger partial charge in [-0.2, -0.15) is 0 Å². The van der Waals surface area contributed by atoms with E-state index >= 15 is 0 Å². The number of likely N-dealkylation sites (tertiary alicyclic amines) is 1. The lowest BCUT2D eigenvalue weighted by Crippen LogP contribution is -2.41. The second-order valence-electron chi connectivity index (χ2n) is 6.86. The maximum absolute atomic E-state index is 11.9. The predicted octanol–water partition coefficient (Wildman–Crippen LogP) is 3.21. The molecule has 1 saturated heterocycles. The highest BCUT2D eigenvalue weighted by atomic mass is 35.5. The molecule has 0 bridgehead atoms. The normalized spacial score (nSPS) is 20.5. The van der Waals surface area contributed by atoms with Gasteiger partial charge in [0.25, 0.3) is 0 Å². The zero-order chi connectivity index (χ0) is 15.7. The molecule has 0 spiro atoms. The van der Waals surface area contributed by atoms with Crippen LogP contribution in [0.5, 0.6) is 0 Å². The largest absolute Gasteiger partial charge is 0.370 e. The van der Waals surface area contributed by atoms with Crippen molar-refractivity contribution in [1.82, 2.24) is 14.9 Å². The van der Waals surface area contributed by atoms with E-state index in [4.69, 9.17) is 11.6 Å². The van der Waals surface area contributed by atoms with Crippen molar-refractivity contribution in [2.75, 3.05) is 18.4 Å². The lowest BCUT2D eigenvalue weighted by Gasteiger charge is -2.31. The van der Waals surface area contributed by atoms with Gasteiger partial charge in [0.15, 0.2) is 0 Å². The highest BCUT2D eigenvalue weighted by Crippen LogP contribution is 2.42. The standard InChI is InChI=1S/C16H23ClN4O/c1-16(2)7-6-13(22)21(16)9-3-8-18-14-12(11-4-5-11)10-19-15(17)20-14/h10-11H,3-9H2,1-2H3,(H,18,19,20). The molecule has 5 nitrogen and oxygen atoms in total. The van der Waals surface area contributed by atoms with Crippen LogP contribution in [-0.4, -0.2) is 39.4 Å². The minimum absolute atomic E-state index is 0.00547. The number of carbonyl (C=O) groups excluding carboxylic acids is 1. The van der Waals surface area contributed by atoms with Crippen molar-refractivity contribution in [3.05, 3.63) is 17.0 Å². The number of anilines is 1. The number of hydrogen-bond acceptors (Lipinski definition) is 4. The predicted molar refractivity (Wildman–Crippen MR) is 87.1 cm³/mol. The van der Waals surface area contributed by atoms with Gasteiger partial charge >= 0.3 is 0 Å². The third kappa shape index (κ3) is 3.35. The van der Waals surface area contributed by atoms with Gasteiger partial charge in [0.1, 0.15) is 5.82 Å². The zero-order valence-corrected chi connectivity index (χ0v) is 14.0. The van der Waals surface area contributed by atoms with Gasteiger partial charge in [-0.05, 0) is 57.0 Å². The molecule has 22 heavy (non-hydrogen) atoms. The van der Waals surface area contributed by atoms with Gasteiger partial charge in [0, 0.05) is 36.8 Å². The van der Waals surface area contributed by atoms with Crippen LogP contribution in [0.15, 0.2) is 6.20 Å². The fourth-order valence-corrected chi connectivity index (χ4v) is 3.23. The molecule has 3 rings (SSSR count). The van der Waals surface area contributed by atoms with E-state index in [2.05, 4.69) is 29.1 Å². The van der Waals surface area contributed by atoms with Crippen molar-refractivity contribution in [2.24, 2.45) is 0 Å². The summed E-state index contributed by atoms with van der Waals surface area (Å²) in [4.78, 5) is 22.3. The molecule has 1 aliphatic carbocycles.